The van der Waals surface area contributed by atoms with Crippen molar-refractivity contribution < 1.29 is 9.18 Å². The molecule has 3 aromatic carbocycles. The summed E-state index contributed by atoms with van der Waals surface area (Å²) in [5.74, 6) is 0.402. The van der Waals surface area contributed by atoms with Gasteiger partial charge in [-0.3, -0.25) is 0 Å². The second-order valence-corrected chi connectivity index (χ2v) is 9.86. The summed E-state index contributed by atoms with van der Waals surface area (Å²) < 4.78 is 18.6. The number of nitrogens with zero attached hydrogens (tertiary/aromatic N) is 5. The van der Waals surface area contributed by atoms with Crippen molar-refractivity contribution in [3.05, 3.63) is 126 Å². The molecule has 0 unspecified atom stereocenters. The van der Waals surface area contributed by atoms with Gasteiger partial charge in [0.1, 0.15) is 11.6 Å². The minimum atomic E-state index is -0.482. The number of carbonyl (C=O) groups excluding carboxylic acids is 1. The fourth-order valence-electron chi connectivity index (χ4n) is 5.20. The zero-order valence-electron chi connectivity index (χ0n) is 22.0. The zero-order chi connectivity index (χ0) is 27.1. The van der Waals surface area contributed by atoms with E-state index in [1.165, 1.54) is 6.07 Å². The molecule has 2 aromatic heterocycles. The van der Waals surface area contributed by atoms with E-state index in [0.717, 1.165) is 39.7 Å². The molecule has 3 heterocycles. The number of nitrogens with one attached hydrogen (secondary N) is 1. The van der Waals surface area contributed by atoms with Crippen LogP contribution in [0.25, 0.3) is 11.5 Å². The van der Waals surface area contributed by atoms with Crippen molar-refractivity contribution in [3.63, 3.8) is 0 Å². The van der Waals surface area contributed by atoms with Gasteiger partial charge in [-0.15, -0.1) is 0 Å². The Balaban J connectivity index is 1.53. The number of benzene rings is 3. The molecule has 0 saturated carbocycles. The Kier molecular flexibility index (Phi) is 6.15. The Morgan fingerprint density at radius 1 is 0.949 bits per heavy atom. The number of halogens is 1. The summed E-state index contributed by atoms with van der Waals surface area (Å²) in [6.07, 6.45) is 2.01. The van der Waals surface area contributed by atoms with Crippen LogP contribution in [0.2, 0.25) is 0 Å². The van der Waals surface area contributed by atoms with Crippen molar-refractivity contribution >= 4 is 17.4 Å². The van der Waals surface area contributed by atoms with Gasteiger partial charge in [0.05, 0.1) is 35.3 Å². The predicted octanol–water partition coefficient (Wildman–Crippen LogP) is 6.31. The van der Waals surface area contributed by atoms with Crippen LogP contribution in [-0.2, 0) is 6.54 Å². The van der Waals surface area contributed by atoms with Crippen molar-refractivity contribution in [2.24, 2.45) is 0 Å². The number of para-hydroxylation sites is 2. The average molecular weight is 521 g/mol. The lowest BCUT2D eigenvalue weighted by Crippen LogP contribution is -2.38. The highest BCUT2D eigenvalue weighted by atomic mass is 19.1. The van der Waals surface area contributed by atoms with Gasteiger partial charge in [-0.2, -0.15) is 5.10 Å². The van der Waals surface area contributed by atoms with E-state index in [0.29, 0.717) is 0 Å². The first-order chi connectivity index (χ1) is 18.9. The SMILES string of the molecule is Cc1nn(-c2ccccc2)c2c1CN(C(=O)Nc1ccccc1F)[C@@H](c1ccc(N(C)C)cc1)c1cccn1-2. The Morgan fingerprint density at radius 3 is 2.38 bits per heavy atom. The largest absolute Gasteiger partial charge is 0.378 e. The van der Waals surface area contributed by atoms with Crippen LogP contribution >= 0.6 is 0 Å². The normalized spacial score (nSPS) is 14.4. The van der Waals surface area contributed by atoms with Crippen molar-refractivity contribution in [1.82, 2.24) is 19.2 Å². The number of aryl methyl sites for hydroxylation is 1. The molecule has 0 spiro atoms. The van der Waals surface area contributed by atoms with Crippen LogP contribution in [0.1, 0.15) is 28.6 Å². The quantitative estimate of drug-likeness (QED) is 0.302. The second-order valence-electron chi connectivity index (χ2n) is 9.86. The van der Waals surface area contributed by atoms with Gasteiger partial charge < -0.3 is 19.7 Å². The average Bonchev–Trinajstić information content (AvgIpc) is 3.51. The summed E-state index contributed by atoms with van der Waals surface area (Å²) in [6.45, 7) is 2.25. The van der Waals surface area contributed by atoms with Gasteiger partial charge in [0.25, 0.3) is 0 Å². The molecule has 0 fully saturated rings. The van der Waals surface area contributed by atoms with Crippen LogP contribution in [0, 0.1) is 12.7 Å². The number of aromatic nitrogens is 3. The molecule has 2 amide bonds. The number of hydrogen-bond acceptors (Lipinski definition) is 3. The van der Waals surface area contributed by atoms with Crippen LogP contribution in [-0.4, -0.2) is 39.4 Å². The number of rotatable bonds is 4. The summed E-state index contributed by atoms with van der Waals surface area (Å²) in [6, 6.07) is 27.6. The van der Waals surface area contributed by atoms with Gasteiger partial charge >= 0.3 is 6.03 Å². The molecule has 8 heteroatoms. The highest BCUT2D eigenvalue weighted by Crippen LogP contribution is 2.39. The lowest BCUT2D eigenvalue weighted by atomic mass is 10.0. The predicted molar refractivity (Wildman–Crippen MR) is 151 cm³/mol. The number of anilines is 2. The van der Waals surface area contributed by atoms with Gasteiger partial charge in [-0.1, -0.05) is 42.5 Å². The number of amides is 2. The van der Waals surface area contributed by atoms with Gasteiger partial charge in [0.2, 0.25) is 0 Å². The van der Waals surface area contributed by atoms with Crippen molar-refractivity contribution in [2.45, 2.75) is 19.5 Å². The molecule has 6 rings (SSSR count). The van der Waals surface area contributed by atoms with Gasteiger partial charge in [-0.25, -0.2) is 13.9 Å². The van der Waals surface area contributed by atoms with Crippen LogP contribution in [0.15, 0.2) is 97.2 Å². The van der Waals surface area contributed by atoms with Crippen LogP contribution in [0.5, 0.6) is 0 Å². The van der Waals surface area contributed by atoms with Gasteiger partial charge in [0.15, 0.2) is 0 Å². The summed E-state index contributed by atoms with van der Waals surface area (Å²) in [7, 11) is 3.99. The highest BCUT2D eigenvalue weighted by molar-refractivity contribution is 5.90. The molecular weight excluding hydrogens is 491 g/mol. The Hall–Kier alpha value is -4.85. The molecule has 0 bridgehead atoms. The number of fused-ring (bicyclic) bond motifs is 3. The molecule has 1 N–H and O–H groups in total. The minimum Gasteiger partial charge on any atom is -0.378 e. The first kappa shape index (κ1) is 24.5. The van der Waals surface area contributed by atoms with E-state index in [-0.39, 0.29) is 12.2 Å². The summed E-state index contributed by atoms with van der Waals surface area (Å²) in [5, 5.41) is 7.69. The molecule has 1 aliphatic heterocycles. The van der Waals surface area contributed by atoms with E-state index in [2.05, 4.69) is 9.88 Å². The summed E-state index contributed by atoms with van der Waals surface area (Å²) in [4.78, 5) is 17.8. The van der Waals surface area contributed by atoms with Crippen LogP contribution < -0.4 is 10.2 Å². The first-order valence-electron chi connectivity index (χ1n) is 12.8. The number of urea groups is 1. The van der Waals surface area contributed by atoms with Crippen LogP contribution in [0.3, 0.4) is 0 Å². The molecule has 7 nitrogen and oxygen atoms in total. The smallest absolute Gasteiger partial charge is 0.323 e. The van der Waals surface area contributed by atoms with E-state index >= 15 is 0 Å². The third-order valence-corrected chi connectivity index (χ3v) is 7.19. The molecule has 39 heavy (non-hydrogen) atoms. The maximum atomic E-state index is 14.6. The van der Waals surface area contributed by atoms with Crippen molar-refractivity contribution in [2.75, 3.05) is 24.3 Å². The van der Waals surface area contributed by atoms with E-state index in [9.17, 15) is 9.18 Å². The van der Waals surface area contributed by atoms with E-state index < -0.39 is 17.9 Å². The Morgan fingerprint density at radius 2 is 1.67 bits per heavy atom. The summed E-state index contributed by atoms with van der Waals surface area (Å²) in [5.41, 5.74) is 5.73. The molecule has 1 atom stereocenters. The Labute approximate surface area is 226 Å². The monoisotopic (exact) mass is 520 g/mol. The molecule has 0 aliphatic carbocycles. The molecular formula is C31H29FN6O. The lowest BCUT2D eigenvalue weighted by molar-refractivity contribution is 0.194. The third-order valence-electron chi connectivity index (χ3n) is 7.19. The fraction of sp³-hybridized carbons (Fsp3) is 0.161. The number of carbonyl (C=O) groups is 1. The maximum absolute atomic E-state index is 14.6. The van der Waals surface area contributed by atoms with Gasteiger partial charge in [-0.05, 0) is 61.0 Å². The molecule has 196 valence electrons. The van der Waals surface area contributed by atoms with Crippen molar-refractivity contribution in [3.8, 4) is 11.5 Å². The maximum Gasteiger partial charge on any atom is 0.323 e. The fourth-order valence-corrected chi connectivity index (χ4v) is 5.20. The van der Waals surface area contributed by atoms with E-state index in [1.807, 2.05) is 104 Å². The first-order valence-corrected chi connectivity index (χ1v) is 12.8. The van der Waals surface area contributed by atoms with E-state index in [1.54, 1.807) is 23.1 Å². The van der Waals surface area contributed by atoms with E-state index in [4.69, 9.17) is 5.10 Å². The number of hydrogen-bond donors (Lipinski definition) is 1. The zero-order valence-corrected chi connectivity index (χ0v) is 22.0. The lowest BCUT2D eigenvalue weighted by Gasteiger charge is -2.31. The van der Waals surface area contributed by atoms with Crippen molar-refractivity contribution in [1.29, 1.82) is 0 Å². The summed E-state index contributed by atoms with van der Waals surface area (Å²) >= 11 is 0. The molecule has 0 saturated heterocycles. The molecule has 0 radical (unpaired) electrons. The topological polar surface area (TPSA) is 58.3 Å². The molecule has 5 aromatic rings. The third kappa shape index (κ3) is 4.33. The molecule has 1 aliphatic rings. The van der Waals surface area contributed by atoms with Gasteiger partial charge in [0, 0.05) is 31.5 Å². The Bertz CT molecular complexity index is 1640. The minimum absolute atomic E-state index is 0.140. The highest BCUT2D eigenvalue weighted by Gasteiger charge is 2.36. The second kappa shape index (κ2) is 9.79. The standard InChI is InChI=1S/C31H29FN6O/c1-21-25-20-37(31(39)33-27-13-8-7-12-26(27)32)29(22-15-17-23(18-16-22)35(2)3)28-14-9-19-36(28)30(25)38(34-21)24-10-5-4-6-11-24/h4-19,29H,20H2,1-3H3,(H,33,39)/t29-/m0/s1. The van der Waals surface area contributed by atoms with Crippen LogP contribution in [0.4, 0.5) is 20.6 Å².